The van der Waals surface area contributed by atoms with Crippen molar-refractivity contribution in [3.05, 3.63) is 35.9 Å². The van der Waals surface area contributed by atoms with Gasteiger partial charge in [0, 0.05) is 38.8 Å². The van der Waals surface area contributed by atoms with Crippen molar-refractivity contribution in [1.82, 2.24) is 14.7 Å². The number of carbonyl (C=O) groups excluding carboxylic acids is 2. The van der Waals surface area contributed by atoms with Crippen molar-refractivity contribution < 1.29 is 14.7 Å². The predicted molar refractivity (Wildman–Crippen MR) is 99.7 cm³/mol. The lowest BCUT2D eigenvalue weighted by Gasteiger charge is -2.37. The molecular weight excluding hydrogens is 330 g/mol. The molecule has 2 aliphatic rings. The Morgan fingerprint density at radius 2 is 1.85 bits per heavy atom. The minimum absolute atomic E-state index is 0.125. The van der Waals surface area contributed by atoms with E-state index in [1.807, 2.05) is 47.1 Å². The standard InChI is InChI=1S/C20H29N3O3/c1-2-21-14-15-23(20(21)26)17-10-12-22(13-11-17)19(25)18(24)9-8-16-6-4-3-5-7-16/h3-7,17-18,24H,2,8-15H2,1H3. The zero-order valence-corrected chi connectivity index (χ0v) is 15.5. The number of hydrogen-bond acceptors (Lipinski definition) is 3. The monoisotopic (exact) mass is 359 g/mol. The number of carbonyl (C=O) groups is 2. The quantitative estimate of drug-likeness (QED) is 0.841. The number of aliphatic hydroxyl groups is 1. The van der Waals surface area contributed by atoms with Crippen LogP contribution in [-0.2, 0) is 11.2 Å². The van der Waals surface area contributed by atoms with E-state index in [1.54, 1.807) is 4.90 Å². The first kappa shape index (κ1) is 18.7. The summed E-state index contributed by atoms with van der Waals surface area (Å²) < 4.78 is 0. The van der Waals surface area contributed by atoms with Crippen molar-refractivity contribution in [2.75, 3.05) is 32.7 Å². The maximum absolute atomic E-state index is 12.5. The maximum atomic E-state index is 12.5. The summed E-state index contributed by atoms with van der Waals surface area (Å²) >= 11 is 0. The van der Waals surface area contributed by atoms with E-state index in [4.69, 9.17) is 0 Å². The van der Waals surface area contributed by atoms with E-state index in [1.165, 1.54) is 0 Å². The molecule has 0 radical (unpaired) electrons. The molecule has 1 N–H and O–H groups in total. The molecule has 1 atom stereocenters. The van der Waals surface area contributed by atoms with Crippen LogP contribution in [0.4, 0.5) is 4.79 Å². The molecule has 0 spiro atoms. The number of likely N-dealkylation sites (tertiary alicyclic amines) is 1. The number of benzene rings is 1. The number of likely N-dealkylation sites (N-methyl/N-ethyl adjacent to an activating group) is 1. The number of nitrogens with zero attached hydrogens (tertiary/aromatic N) is 3. The van der Waals surface area contributed by atoms with Gasteiger partial charge in [-0.1, -0.05) is 30.3 Å². The average molecular weight is 359 g/mol. The van der Waals surface area contributed by atoms with Crippen LogP contribution in [0.15, 0.2) is 30.3 Å². The molecule has 1 aromatic carbocycles. The average Bonchev–Trinajstić information content (AvgIpc) is 3.07. The largest absolute Gasteiger partial charge is 0.383 e. The van der Waals surface area contributed by atoms with Gasteiger partial charge in [0.25, 0.3) is 5.91 Å². The summed E-state index contributed by atoms with van der Waals surface area (Å²) in [5, 5.41) is 10.3. The number of rotatable bonds is 6. The molecule has 1 unspecified atom stereocenters. The summed E-state index contributed by atoms with van der Waals surface area (Å²) in [6.07, 6.45) is 1.77. The van der Waals surface area contributed by atoms with Crippen molar-refractivity contribution in [2.24, 2.45) is 0 Å². The lowest BCUT2D eigenvalue weighted by Crippen LogP contribution is -2.50. The maximum Gasteiger partial charge on any atom is 0.320 e. The molecule has 6 nitrogen and oxygen atoms in total. The molecule has 142 valence electrons. The van der Waals surface area contributed by atoms with Gasteiger partial charge >= 0.3 is 6.03 Å². The van der Waals surface area contributed by atoms with Gasteiger partial charge in [0.05, 0.1) is 0 Å². The third kappa shape index (κ3) is 4.18. The normalized spacial score (nSPS) is 19.9. The van der Waals surface area contributed by atoms with Gasteiger partial charge < -0.3 is 19.8 Å². The Morgan fingerprint density at radius 3 is 2.46 bits per heavy atom. The summed E-state index contributed by atoms with van der Waals surface area (Å²) in [7, 11) is 0. The molecular formula is C20H29N3O3. The zero-order valence-electron chi connectivity index (χ0n) is 15.5. The summed E-state index contributed by atoms with van der Waals surface area (Å²) in [4.78, 5) is 30.4. The first-order valence-electron chi connectivity index (χ1n) is 9.66. The number of amides is 3. The molecule has 0 aromatic heterocycles. The van der Waals surface area contributed by atoms with Crippen LogP contribution in [0, 0.1) is 0 Å². The van der Waals surface area contributed by atoms with Gasteiger partial charge in [0.1, 0.15) is 6.10 Å². The van der Waals surface area contributed by atoms with Crippen LogP contribution >= 0.6 is 0 Å². The molecule has 6 heteroatoms. The number of aliphatic hydroxyl groups excluding tert-OH is 1. The highest BCUT2D eigenvalue weighted by Gasteiger charge is 2.36. The molecule has 2 saturated heterocycles. The van der Waals surface area contributed by atoms with Crippen LogP contribution < -0.4 is 0 Å². The Kier molecular flexibility index (Phi) is 6.14. The molecule has 0 bridgehead atoms. The van der Waals surface area contributed by atoms with Crippen molar-refractivity contribution in [1.29, 1.82) is 0 Å². The van der Waals surface area contributed by atoms with Crippen LogP contribution in [0.2, 0.25) is 0 Å². The van der Waals surface area contributed by atoms with Gasteiger partial charge in [-0.05, 0) is 38.2 Å². The van der Waals surface area contributed by atoms with Crippen LogP contribution in [0.25, 0.3) is 0 Å². The zero-order chi connectivity index (χ0) is 18.5. The summed E-state index contributed by atoms with van der Waals surface area (Å²) in [6, 6.07) is 10.2. The topological polar surface area (TPSA) is 64.1 Å². The lowest BCUT2D eigenvalue weighted by molar-refractivity contribution is -0.141. The molecule has 1 aromatic rings. The van der Waals surface area contributed by atoms with Crippen molar-refractivity contribution in [2.45, 2.75) is 44.8 Å². The van der Waals surface area contributed by atoms with Gasteiger partial charge in [0.15, 0.2) is 0 Å². The summed E-state index contributed by atoms with van der Waals surface area (Å²) in [6.45, 7) is 5.56. The molecule has 2 aliphatic heterocycles. The minimum atomic E-state index is -0.948. The van der Waals surface area contributed by atoms with Crippen LogP contribution in [-0.4, -0.2) is 76.6 Å². The molecule has 3 amide bonds. The van der Waals surface area contributed by atoms with Crippen LogP contribution in [0.3, 0.4) is 0 Å². The van der Waals surface area contributed by atoms with Gasteiger partial charge in [-0.15, -0.1) is 0 Å². The molecule has 26 heavy (non-hydrogen) atoms. The highest BCUT2D eigenvalue weighted by atomic mass is 16.3. The highest BCUT2D eigenvalue weighted by Crippen LogP contribution is 2.22. The fraction of sp³-hybridized carbons (Fsp3) is 0.600. The molecule has 0 aliphatic carbocycles. The molecule has 2 fully saturated rings. The lowest BCUT2D eigenvalue weighted by atomic mass is 10.0. The van der Waals surface area contributed by atoms with Crippen molar-refractivity contribution in [3.63, 3.8) is 0 Å². The van der Waals surface area contributed by atoms with E-state index in [-0.39, 0.29) is 18.0 Å². The SMILES string of the molecule is CCN1CCN(C2CCN(C(=O)C(O)CCc3ccccc3)CC2)C1=O. The summed E-state index contributed by atoms with van der Waals surface area (Å²) in [5.41, 5.74) is 1.13. The number of piperidine rings is 1. The minimum Gasteiger partial charge on any atom is -0.383 e. The second-order valence-electron chi connectivity index (χ2n) is 7.15. The summed E-state index contributed by atoms with van der Waals surface area (Å²) in [5.74, 6) is -0.178. The fourth-order valence-electron chi connectivity index (χ4n) is 3.91. The van der Waals surface area contributed by atoms with E-state index in [0.29, 0.717) is 25.9 Å². The Morgan fingerprint density at radius 1 is 1.15 bits per heavy atom. The third-order valence-electron chi connectivity index (χ3n) is 5.56. The predicted octanol–water partition coefficient (Wildman–Crippen LogP) is 1.73. The Balaban J connectivity index is 1.45. The molecule has 3 rings (SSSR count). The Bertz CT molecular complexity index is 614. The Hall–Kier alpha value is -2.08. The van der Waals surface area contributed by atoms with E-state index in [2.05, 4.69) is 0 Å². The van der Waals surface area contributed by atoms with Gasteiger partial charge in [-0.25, -0.2) is 4.79 Å². The van der Waals surface area contributed by atoms with Gasteiger partial charge in [-0.2, -0.15) is 0 Å². The van der Waals surface area contributed by atoms with Crippen molar-refractivity contribution >= 4 is 11.9 Å². The molecule has 0 saturated carbocycles. The first-order valence-corrected chi connectivity index (χ1v) is 9.66. The van der Waals surface area contributed by atoms with Crippen molar-refractivity contribution in [3.8, 4) is 0 Å². The number of urea groups is 1. The first-order chi connectivity index (χ1) is 12.6. The number of hydrogen-bond donors (Lipinski definition) is 1. The van der Waals surface area contributed by atoms with E-state index in [9.17, 15) is 14.7 Å². The Labute approximate surface area is 155 Å². The fourth-order valence-corrected chi connectivity index (χ4v) is 3.91. The highest BCUT2D eigenvalue weighted by molar-refractivity contribution is 5.81. The van der Waals surface area contributed by atoms with Crippen LogP contribution in [0.1, 0.15) is 31.7 Å². The smallest absolute Gasteiger partial charge is 0.320 e. The van der Waals surface area contributed by atoms with Crippen LogP contribution in [0.5, 0.6) is 0 Å². The van der Waals surface area contributed by atoms with E-state index < -0.39 is 6.10 Å². The van der Waals surface area contributed by atoms with E-state index in [0.717, 1.165) is 38.0 Å². The van der Waals surface area contributed by atoms with E-state index >= 15 is 0 Å². The van der Waals surface area contributed by atoms with Gasteiger partial charge in [0.2, 0.25) is 0 Å². The van der Waals surface area contributed by atoms with Gasteiger partial charge in [-0.3, -0.25) is 4.79 Å². The third-order valence-corrected chi connectivity index (χ3v) is 5.56. The second-order valence-corrected chi connectivity index (χ2v) is 7.15. The second kappa shape index (κ2) is 8.54. The number of aryl methyl sites for hydroxylation is 1. The molecule has 2 heterocycles.